The predicted molar refractivity (Wildman–Crippen MR) is 150 cm³/mol. The quantitative estimate of drug-likeness (QED) is 0.454. The van der Waals surface area contributed by atoms with Crippen LogP contribution >= 0.6 is 11.8 Å². The summed E-state index contributed by atoms with van der Waals surface area (Å²) in [6.07, 6.45) is 0.658. The Hall–Kier alpha value is -4.11. The van der Waals surface area contributed by atoms with Gasteiger partial charge in [0.25, 0.3) is 5.91 Å². The van der Waals surface area contributed by atoms with Crippen molar-refractivity contribution in [2.24, 2.45) is 10.1 Å². The molecule has 194 valence electrons. The number of aliphatic imine (C=N–C) groups is 1. The predicted octanol–water partition coefficient (Wildman–Crippen LogP) is 5.19. The zero-order chi connectivity index (χ0) is 26.6. The monoisotopic (exact) mass is 528 g/mol. The smallest absolute Gasteiger partial charge is 0.262 e. The average Bonchev–Trinajstić information content (AvgIpc) is 3.52. The third kappa shape index (κ3) is 5.57. The highest BCUT2D eigenvalue weighted by atomic mass is 32.2. The van der Waals surface area contributed by atoms with Gasteiger partial charge in [-0.25, -0.2) is 5.01 Å². The number of nitrogens with one attached hydrogen (secondary N) is 1. The maximum absolute atomic E-state index is 12.8. The number of nitrogens with zero attached hydrogens (tertiary/aromatic N) is 3. The lowest BCUT2D eigenvalue weighted by molar-refractivity contribution is -0.121. The highest BCUT2D eigenvalue weighted by Gasteiger charge is 2.39. The van der Waals surface area contributed by atoms with E-state index in [9.17, 15) is 9.59 Å². The molecule has 0 saturated heterocycles. The fourth-order valence-electron chi connectivity index (χ4n) is 4.44. The van der Waals surface area contributed by atoms with E-state index in [2.05, 4.69) is 10.3 Å². The van der Waals surface area contributed by atoms with Crippen LogP contribution in [0.15, 0.2) is 82.9 Å². The normalized spacial score (nSPS) is 18.7. The number of benzene rings is 3. The topological polar surface area (TPSA) is 92.6 Å². The number of thioether (sulfide) groups is 1. The first-order valence-corrected chi connectivity index (χ1v) is 13.1. The van der Waals surface area contributed by atoms with E-state index in [1.165, 1.54) is 11.8 Å². The van der Waals surface area contributed by atoms with E-state index < -0.39 is 5.25 Å². The summed E-state index contributed by atoms with van der Waals surface area (Å²) in [5.41, 5.74) is 4.62. The molecule has 3 aromatic rings. The van der Waals surface area contributed by atoms with Crippen molar-refractivity contribution in [2.75, 3.05) is 19.5 Å². The third-order valence-electron chi connectivity index (χ3n) is 6.43. The van der Waals surface area contributed by atoms with E-state index in [-0.39, 0.29) is 24.3 Å². The summed E-state index contributed by atoms with van der Waals surface area (Å²) >= 11 is 1.28. The molecule has 0 fully saturated rings. The van der Waals surface area contributed by atoms with E-state index in [4.69, 9.17) is 14.6 Å². The molecule has 8 nitrogen and oxygen atoms in total. The van der Waals surface area contributed by atoms with E-state index in [1.54, 1.807) is 14.2 Å². The van der Waals surface area contributed by atoms with Crippen molar-refractivity contribution in [3.63, 3.8) is 0 Å². The van der Waals surface area contributed by atoms with Gasteiger partial charge in [0.15, 0.2) is 5.17 Å². The Labute approximate surface area is 225 Å². The second-order valence-corrected chi connectivity index (χ2v) is 10.2. The molecule has 2 amide bonds. The molecule has 0 spiro atoms. The molecule has 0 saturated carbocycles. The molecule has 2 aliphatic heterocycles. The fraction of sp³-hybridized carbons (Fsp3) is 0.241. The van der Waals surface area contributed by atoms with Crippen LogP contribution in [-0.4, -0.2) is 47.2 Å². The lowest BCUT2D eigenvalue weighted by atomic mass is 9.98. The van der Waals surface area contributed by atoms with Crippen molar-refractivity contribution in [3.8, 4) is 11.5 Å². The van der Waals surface area contributed by atoms with Crippen molar-refractivity contribution in [2.45, 2.75) is 31.1 Å². The van der Waals surface area contributed by atoms with Crippen LogP contribution in [0.25, 0.3) is 0 Å². The van der Waals surface area contributed by atoms with Crippen LogP contribution in [0, 0.1) is 6.92 Å². The number of amidine groups is 1. The summed E-state index contributed by atoms with van der Waals surface area (Å²) in [6, 6.07) is 23.0. The lowest BCUT2D eigenvalue weighted by Crippen LogP contribution is -2.25. The first kappa shape index (κ1) is 25.5. The first-order chi connectivity index (χ1) is 18.4. The maximum atomic E-state index is 12.8. The van der Waals surface area contributed by atoms with Crippen molar-refractivity contribution in [1.82, 2.24) is 5.01 Å². The Balaban J connectivity index is 1.36. The van der Waals surface area contributed by atoms with Gasteiger partial charge in [-0.1, -0.05) is 36.0 Å². The summed E-state index contributed by atoms with van der Waals surface area (Å²) in [7, 11) is 3.26. The van der Waals surface area contributed by atoms with E-state index in [0.29, 0.717) is 17.3 Å². The third-order valence-corrected chi connectivity index (χ3v) is 7.57. The molecule has 1 N–H and O–H groups in total. The Morgan fingerprint density at radius 1 is 1.03 bits per heavy atom. The van der Waals surface area contributed by atoms with Gasteiger partial charge in [-0.05, 0) is 72.1 Å². The molecule has 0 radical (unpaired) electrons. The zero-order valence-corrected chi connectivity index (χ0v) is 22.2. The van der Waals surface area contributed by atoms with Crippen LogP contribution in [0.2, 0.25) is 0 Å². The molecule has 0 aromatic heterocycles. The summed E-state index contributed by atoms with van der Waals surface area (Å²) in [5.74, 6) is 0.973. The molecular formula is C29H28N4O4S. The second-order valence-electron chi connectivity index (χ2n) is 9.07. The van der Waals surface area contributed by atoms with Gasteiger partial charge in [0.1, 0.15) is 16.7 Å². The maximum Gasteiger partial charge on any atom is 0.262 e. The van der Waals surface area contributed by atoms with Crippen molar-refractivity contribution >= 4 is 40.1 Å². The number of aryl methyl sites for hydroxylation is 1. The minimum Gasteiger partial charge on any atom is -0.497 e. The first-order valence-electron chi connectivity index (χ1n) is 12.2. The molecule has 2 unspecified atom stereocenters. The average molecular weight is 529 g/mol. The van der Waals surface area contributed by atoms with Gasteiger partial charge in [-0.2, -0.15) is 10.1 Å². The summed E-state index contributed by atoms with van der Waals surface area (Å²) < 4.78 is 10.6. The standard InChI is InChI=1S/C29H28N4O4S/c1-18-5-4-6-21(15-18)30-27(34)17-26-28(35)31-29(38-26)33-25(20-9-13-23(37-3)14-10-20)16-24(32-33)19-7-11-22(36-2)12-8-19/h4-15,25-26H,16-17H2,1-3H3,(H,30,34). The molecule has 2 aliphatic rings. The minimum atomic E-state index is -0.605. The van der Waals surface area contributed by atoms with Crippen LogP contribution < -0.4 is 14.8 Å². The van der Waals surface area contributed by atoms with Gasteiger partial charge in [0.05, 0.1) is 26.0 Å². The number of amides is 2. The van der Waals surface area contributed by atoms with Gasteiger partial charge >= 0.3 is 0 Å². The van der Waals surface area contributed by atoms with Gasteiger partial charge < -0.3 is 14.8 Å². The number of hydrazone groups is 1. The number of methoxy groups -OCH3 is 2. The molecule has 5 rings (SSSR count). The van der Waals surface area contributed by atoms with E-state index in [0.717, 1.165) is 33.9 Å². The van der Waals surface area contributed by atoms with Gasteiger partial charge in [0.2, 0.25) is 5.91 Å². The molecule has 2 atom stereocenters. The molecule has 2 heterocycles. The number of rotatable bonds is 7. The molecule has 3 aromatic carbocycles. The summed E-state index contributed by atoms with van der Waals surface area (Å²) in [5, 5.41) is 9.47. The zero-order valence-electron chi connectivity index (χ0n) is 21.4. The number of carbonyl (C=O) groups is 2. The number of hydrogen-bond acceptors (Lipinski definition) is 7. The highest BCUT2D eigenvalue weighted by Crippen LogP contribution is 2.39. The molecule has 0 bridgehead atoms. The highest BCUT2D eigenvalue weighted by molar-refractivity contribution is 8.15. The van der Waals surface area contributed by atoms with Crippen molar-refractivity contribution in [3.05, 3.63) is 89.5 Å². The second kappa shape index (κ2) is 11.1. The minimum absolute atomic E-state index is 0.0283. The SMILES string of the molecule is COc1ccc(C2=NN(C3=NC(=O)C(CC(=O)Nc4cccc(C)c4)S3)C(c3ccc(OC)cc3)C2)cc1. The Kier molecular flexibility index (Phi) is 7.46. The summed E-state index contributed by atoms with van der Waals surface area (Å²) in [4.78, 5) is 29.9. The van der Waals surface area contributed by atoms with Crippen LogP contribution in [0.4, 0.5) is 5.69 Å². The fourth-order valence-corrected chi connectivity index (χ4v) is 5.50. The van der Waals surface area contributed by atoms with Crippen LogP contribution in [0.3, 0.4) is 0 Å². The molecular weight excluding hydrogens is 500 g/mol. The van der Waals surface area contributed by atoms with Crippen LogP contribution in [0.5, 0.6) is 11.5 Å². The van der Waals surface area contributed by atoms with Gasteiger partial charge in [0, 0.05) is 18.5 Å². The van der Waals surface area contributed by atoms with Crippen LogP contribution in [-0.2, 0) is 9.59 Å². The van der Waals surface area contributed by atoms with Gasteiger partial charge in [-0.15, -0.1) is 0 Å². The lowest BCUT2D eigenvalue weighted by Gasteiger charge is -2.23. The Morgan fingerprint density at radius 3 is 2.37 bits per heavy atom. The van der Waals surface area contributed by atoms with Gasteiger partial charge in [-0.3, -0.25) is 9.59 Å². The number of ether oxygens (including phenoxy) is 2. The summed E-state index contributed by atoms with van der Waals surface area (Å²) in [6.45, 7) is 1.96. The van der Waals surface area contributed by atoms with Crippen LogP contribution in [0.1, 0.15) is 35.6 Å². The number of hydrogen-bond donors (Lipinski definition) is 1. The van der Waals surface area contributed by atoms with Crippen molar-refractivity contribution in [1.29, 1.82) is 0 Å². The number of anilines is 1. The van der Waals surface area contributed by atoms with Crippen molar-refractivity contribution < 1.29 is 19.1 Å². The Bertz CT molecular complexity index is 1400. The Morgan fingerprint density at radius 2 is 1.71 bits per heavy atom. The molecule has 0 aliphatic carbocycles. The van der Waals surface area contributed by atoms with E-state index in [1.807, 2.05) is 84.7 Å². The van der Waals surface area contributed by atoms with E-state index >= 15 is 0 Å². The largest absolute Gasteiger partial charge is 0.497 e. The molecule has 9 heteroatoms. The number of carbonyl (C=O) groups excluding carboxylic acids is 2. The molecule has 38 heavy (non-hydrogen) atoms.